The van der Waals surface area contributed by atoms with Gasteiger partial charge in [-0.3, -0.25) is 13.9 Å². The Morgan fingerprint density at radius 3 is 2.33 bits per heavy atom. The van der Waals surface area contributed by atoms with E-state index >= 15 is 0 Å². The number of anilines is 1. The van der Waals surface area contributed by atoms with E-state index in [0.29, 0.717) is 17.9 Å². The average molecular weight is 606 g/mol. The van der Waals surface area contributed by atoms with Crippen LogP contribution in [0.4, 0.5) is 5.69 Å². The molecule has 1 atom stereocenters. The number of benzene rings is 3. The summed E-state index contributed by atoms with van der Waals surface area (Å²) in [5.41, 5.74) is 3.46. The van der Waals surface area contributed by atoms with Gasteiger partial charge in [0.1, 0.15) is 11.8 Å². The van der Waals surface area contributed by atoms with Crippen LogP contribution >= 0.6 is 0 Å². The first-order chi connectivity index (χ1) is 20.6. The highest BCUT2D eigenvalue weighted by atomic mass is 32.2. The third-order valence-corrected chi connectivity index (χ3v) is 9.10. The Morgan fingerprint density at radius 1 is 0.953 bits per heavy atom. The van der Waals surface area contributed by atoms with Crippen LogP contribution in [0.3, 0.4) is 0 Å². The lowest BCUT2D eigenvalue weighted by atomic mass is 10.0. The van der Waals surface area contributed by atoms with Gasteiger partial charge in [-0.1, -0.05) is 79.1 Å². The number of carbonyl (C=O) groups is 2. The van der Waals surface area contributed by atoms with Crippen LogP contribution in [0.5, 0.6) is 5.75 Å². The second kappa shape index (κ2) is 15.0. The van der Waals surface area contributed by atoms with Gasteiger partial charge in [0.2, 0.25) is 21.8 Å². The number of ether oxygens (including phenoxy) is 1. The van der Waals surface area contributed by atoms with Gasteiger partial charge in [0.15, 0.2) is 0 Å². The van der Waals surface area contributed by atoms with Crippen molar-refractivity contribution in [3.63, 3.8) is 0 Å². The van der Waals surface area contributed by atoms with Crippen molar-refractivity contribution < 1.29 is 22.7 Å². The lowest BCUT2D eigenvalue weighted by Gasteiger charge is -2.33. The fourth-order valence-corrected chi connectivity index (χ4v) is 6.66. The van der Waals surface area contributed by atoms with Gasteiger partial charge >= 0.3 is 0 Å². The maximum atomic E-state index is 14.0. The van der Waals surface area contributed by atoms with Gasteiger partial charge in [-0.25, -0.2) is 8.42 Å². The number of amides is 2. The lowest BCUT2D eigenvalue weighted by molar-refractivity contribution is -0.141. The van der Waals surface area contributed by atoms with Gasteiger partial charge < -0.3 is 15.0 Å². The first-order valence-corrected chi connectivity index (χ1v) is 16.8. The normalized spacial score (nSPS) is 14.2. The van der Waals surface area contributed by atoms with Crippen molar-refractivity contribution in [1.82, 2.24) is 10.2 Å². The lowest BCUT2D eigenvalue weighted by Crippen LogP contribution is -2.52. The molecule has 1 aliphatic carbocycles. The summed E-state index contributed by atoms with van der Waals surface area (Å²) in [7, 11) is -2.08. The monoisotopic (exact) mass is 605 g/mol. The number of nitrogens with one attached hydrogen (secondary N) is 1. The van der Waals surface area contributed by atoms with Crippen molar-refractivity contribution in [2.45, 2.75) is 70.5 Å². The Kier molecular flexibility index (Phi) is 11.2. The SMILES string of the molecule is COc1cccc(N(CCCC(=O)N(Cc2cccc(C)c2)[C@@H](Cc2ccccc2)C(=O)NC2CCCC2)S(C)(=O)=O)c1. The van der Waals surface area contributed by atoms with E-state index in [9.17, 15) is 18.0 Å². The average Bonchev–Trinajstić information content (AvgIpc) is 3.50. The summed E-state index contributed by atoms with van der Waals surface area (Å²) < 4.78 is 32.0. The summed E-state index contributed by atoms with van der Waals surface area (Å²) in [4.78, 5) is 29.6. The maximum Gasteiger partial charge on any atom is 0.243 e. The Balaban J connectivity index is 1.59. The molecule has 8 nitrogen and oxygen atoms in total. The summed E-state index contributed by atoms with van der Waals surface area (Å²) in [6, 6.07) is 24.0. The molecule has 0 saturated heterocycles. The highest BCUT2D eigenvalue weighted by Gasteiger charge is 2.32. The zero-order valence-corrected chi connectivity index (χ0v) is 26.2. The van der Waals surface area contributed by atoms with Crippen LogP contribution in [0.15, 0.2) is 78.9 Å². The number of hydrogen-bond acceptors (Lipinski definition) is 5. The van der Waals surface area contributed by atoms with Crippen molar-refractivity contribution in [3.8, 4) is 5.75 Å². The number of sulfonamides is 1. The Hall–Kier alpha value is -3.85. The predicted molar refractivity (Wildman–Crippen MR) is 170 cm³/mol. The molecule has 2 amide bonds. The van der Waals surface area contributed by atoms with Crippen molar-refractivity contribution in [3.05, 3.63) is 95.6 Å². The third kappa shape index (κ3) is 9.32. The predicted octanol–water partition coefficient (Wildman–Crippen LogP) is 5.25. The van der Waals surface area contributed by atoms with Gasteiger partial charge in [0.05, 0.1) is 19.1 Å². The first kappa shape index (κ1) is 32.1. The molecule has 1 N–H and O–H groups in total. The molecule has 4 rings (SSSR count). The van der Waals surface area contributed by atoms with E-state index < -0.39 is 16.1 Å². The molecule has 0 aromatic heterocycles. The number of rotatable bonds is 14. The molecule has 1 aliphatic rings. The largest absolute Gasteiger partial charge is 0.497 e. The summed E-state index contributed by atoms with van der Waals surface area (Å²) in [6.07, 6.45) is 5.98. The van der Waals surface area contributed by atoms with Gasteiger partial charge in [-0.05, 0) is 49.4 Å². The Bertz CT molecular complexity index is 1470. The van der Waals surface area contributed by atoms with E-state index in [1.165, 1.54) is 11.4 Å². The number of nitrogens with zero attached hydrogens (tertiary/aromatic N) is 2. The Labute approximate surface area is 256 Å². The minimum Gasteiger partial charge on any atom is -0.497 e. The summed E-state index contributed by atoms with van der Waals surface area (Å²) >= 11 is 0. The quantitative estimate of drug-likeness (QED) is 0.271. The number of carbonyl (C=O) groups excluding carboxylic acids is 2. The van der Waals surface area contributed by atoms with Crippen LogP contribution < -0.4 is 14.4 Å². The molecule has 1 saturated carbocycles. The molecular weight excluding hydrogens is 562 g/mol. The highest BCUT2D eigenvalue weighted by molar-refractivity contribution is 7.92. The van der Waals surface area contributed by atoms with E-state index in [-0.39, 0.29) is 43.8 Å². The molecule has 0 aliphatic heterocycles. The fraction of sp³-hybridized carbons (Fsp3) is 0.412. The van der Waals surface area contributed by atoms with Gasteiger partial charge in [0.25, 0.3) is 0 Å². The van der Waals surface area contributed by atoms with Crippen molar-refractivity contribution in [2.75, 3.05) is 24.2 Å². The Morgan fingerprint density at radius 2 is 1.65 bits per heavy atom. The first-order valence-electron chi connectivity index (χ1n) is 14.9. The molecule has 1 fully saturated rings. The second-order valence-corrected chi connectivity index (χ2v) is 13.3. The van der Waals surface area contributed by atoms with E-state index in [1.807, 2.05) is 61.5 Å². The van der Waals surface area contributed by atoms with Crippen LogP contribution in [0.25, 0.3) is 0 Å². The molecule has 0 heterocycles. The standard InChI is InChI=1S/C34H43N3O5S/c1-26-12-9-15-28(22-26)25-36(32(23-27-13-5-4-6-14-27)34(39)35-29-16-7-8-17-29)33(38)20-11-21-37(43(3,40)41)30-18-10-19-31(24-30)42-2/h4-6,9-10,12-15,18-19,22,24,29,32H,7-8,11,16-17,20-21,23,25H2,1-3H3,(H,35,39)/t32-/m0/s1. The highest BCUT2D eigenvalue weighted by Crippen LogP contribution is 2.25. The van der Waals surface area contributed by atoms with Crippen molar-refractivity contribution >= 4 is 27.5 Å². The molecule has 3 aromatic rings. The summed E-state index contributed by atoms with van der Waals surface area (Å²) in [5, 5.41) is 3.23. The van der Waals surface area contributed by atoms with E-state index in [4.69, 9.17) is 4.74 Å². The molecule has 0 radical (unpaired) electrons. The number of hydrogen-bond donors (Lipinski definition) is 1. The molecule has 9 heteroatoms. The molecule has 230 valence electrons. The van der Waals surface area contributed by atoms with Gasteiger partial charge in [-0.2, -0.15) is 0 Å². The van der Waals surface area contributed by atoms with Crippen LogP contribution in [-0.4, -0.2) is 57.1 Å². The van der Waals surface area contributed by atoms with Gasteiger partial charge in [0, 0.05) is 38.0 Å². The number of methoxy groups -OCH3 is 1. The second-order valence-electron chi connectivity index (χ2n) is 11.3. The summed E-state index contributed by atoms with van der Waals surface area (Å²) in [6.45, 7) is 2.40. The molecule has 43 heavy (non-hydrogen) atoms. The number of aryl methyl sites for hydroxylation is 1. The van der Waals surface area contributed by atoms with E-state index in [1.54, 1.807) is 29.2 Å². The van der Waals surface area contributed by atoms with Crippen LogP contribution in [0.2, 0.25) is 0 Å². The van der Waals surface area contributed by atoms with Crippen LogP contribution in [-0.2, 0) is 32.6 Å². The van der Waals surface area contributed by atoms with E-state index in [2.05, 4.69) is 5.32 Å². The van der Waals surface area contributed by atoms with E-state index in [0.717, 1.165) is 48.6 Å². The van der Waals surface area contributed by atoms with Crippen molar-refractivity contribution in [1.29, 1.82) is 0 Å². The topological polar surface area (TPSA) is 96.0 Å². The molecule has 0 unspecified atom stereocenters. The fourth-order valence-electron chi connectivity index (χ4n) is 5.70. The zero-order chi connectivity index (χ0) is 30.8. The smallest absolute Gasteiger partial charge is 0.243 e. The van der Waals surface area contributed by atoms with Gasteiger partial charge in [-0.15, -0.1) is 0 Å². The minimum atomic E-state index is -3.61. The molecule has 0 spiro atoms. The van der Waals surface area contributed by atoms with Crippen molar-refractivity contribution in [2.24, 2.45) is 0 Å². The molecule has 0 bridgehead atoms. The molecule has 3 aromatic carbocycles. The summed E-state index contributed by atoms with van der Waals surface area (Å²) in [5.74, 6) is 0.206. The van der Waals surface area contributed by atoms with Crippen LogP contribution in [0.1, 0.15) is 55.2 Å². The molecular formula is C34H43N3O5S. The van der Waals surface area contributed by atoms with Crippen LogP contribution in [0, 0.1) is 6.92 Å². The minimum absolute atomic E-state index is 0.0871. The maximum absolute atomic E-state index is 14.0. The third-order valence-electron chi connectivity index (χ3n) is 7.90. The zero-order valence-electron chi connectivity index (χ0n) is 25.4.